The maximum atomic E-state index is 5.69. The second-order valence-corrected chi connectivity index (χ2v) is 4.81. The van der Waals surface area contributed by atoms with Gasteiger partial charge in [-0.3, -0.25) is 4.90 Å². The standard InChI is InChI=1S/C13H24N6/c1-3-15-11-9-12(18-13(14)17-11)16-7-8-19(4-2)10-5-6-10/h9-10H,3-8H2,1-2H3,(H4,14,15,16,17,18). The average Bonchev–Trinajstić information content (AvgIpc) is 3.19. The van der Waals surface area contributed by atoms with Gasteiger partial charge in [0.15, 0.2) is 0 Å². The van der Waals surface area contributed by atoms with Crippen LogP contribution in [0.5, 0.6) is 0 Å². The summed E-state index contributed by atoms with van der Waals surface area (Å²) in [6.45, 7) is 8.10. The lowest BCUT2D eigenvalue weighted by Gasteiger charge is -2.20. The van der Waals surface area contributed by atoms with Crippen molar-refractivity contribution in [3.8, 4) is 0 Å². The molecule has 1 aliphatic rings. The van der Waals surface area contributed by atoms with E-state index in [2.05, 4.69) is 32.4 Å². The van der Waals surface area contributed by atoms with Crippen molar-refractivity contribution in [3.63, 3.8) is 0 Å². The van der Waals surface area contributed by atoms with E-state index in [0.29, 0.717) is 5.95 Å². The Morgan fingerprint density at radius 2 is 1.95 bits per heavy atom. The number of hydrogen-bond acceptors (Lipinski definition) is 6. The number of nitrogens with one attached hydrogen (secondary N) is 2. The maximum absolute atomic E-state index is 5.69. The van der Waals surface area contributed by atoms with Crippen molar-refractivity contribution in [2.45, 2.75) is 32.7 Å². The second-order valence-electron chi connectivity index (χ2n) is 4.81. The Balaban J connectivity index is 1.84. The summed E-state index contributed by atoms with van der Waals surface area (Å²) in [5, 5.41) is 6.46. The van der Waals surface area contributed by atoms with Crippen molar-refractivity contribution >= 4 is 17.6 Å². The van der Waals surface area contributed by atoms with Gasteiger partial charge in [-0.25, -0.2) is 0 Å². The van der Waals surface area contributed by atoms with E-state index >= 15 is 0 Å². The molecular weight excluding hydrogens is 240 g/mol. The van der Waals surface area contributed by atoms with Crippen LogP contribution >= 0.6 is 0 Å². The predicted octanol–water partition coefficient (Wildman–Crippen LogP) is 1.39. The number of nitrogens with zero attached hydrogens (tertiary/aromatic N) is 3. The SMILES string of the molecule is CCNc1cc(NCCN(CC)C2CC2)nc(N)n1. The molecule has 0 atom stereocenters. The molecule has 1 aliphatic carbocycles. The van der Waals surface area contributed by atoms with Crippen LogP contribution in [-0.4, -0.2) is 47.1 Å². The van der Waals surface area contributed by atoms with Gasteiger partial charge in [-0.2, -0.15) is 9.97 Å². The van der Waals surface area contributed by atoms with Crippen LogP contribution in [0.25, 0.3) is 0 Å². The Labute approximate surface area is 114 Å². The molecule has 0 aromatic carbocycles. The van der Waals surface area contributed by atoms with Crippen LogP contribution in [-0.2, 0) is 0 Å². The van der Waals surface area contributed by atoms with Crippen LogP contribution in [0.1, 0.15) is 26.7 Å². The zero-order valence-corrected chi connectivity index (χ0v) is 11.8. The topological polar surface area (TPSA) is 79.1 Å². The van der Waals surface area contributed by atoms with Crippen molar-refractivity contribution in [1.82, 2.24) is 14.9 Å². The quantitative estimate of drug-likeness (QED) is 0.658. The summed E-state index contributed by atoms with van der Waals surface area (Å²) in [7, 11) is 0. The van der Waals surface area contributed by atoms with Crippen LogP contribution in [0.2, 0.25) is 0 Å². The monoisotopic (exact) mass is 264 g/mol. The molecule has 1 heterocycles. The molecule has 4 N–H and O–H groups in total. The van der Waals surface area contributed by atoms with E-state index in [1.54, 1.807) is 0 Å². The highest BCUT2D eigenvalue weighted by atomic mass is 15.2. The lowest BCUT2D eigenvalue weighted by Crippen LogP contribution is -2.31. The molecule has 1 fully saturated rings. The number of nitrogen functional groups attached to an aromatic ring is 1. The molecule has 6 heteroatoms. The van der Waals surface area contributed by atoms with Crippen LogP contribution in [0.4, 0.5) is 17.6 Å². The molecule has 6 nitrogen and oxygen atoms in total. The minimum Gasteiger partial charge on any atom is -0.370 e. The first kappa shape index (κ1) is 13.9. The first-order valence-corrected chi connectivity index (χ1v) is 7.09. The van der Waals surface area contributed by atoms with E-state index < -0.39 is 0 Å². The lowest BCUT2D eigenvalue weighted by atomic mass is 10.4. The normalized spacial score (nSPS) is 14.7. The summed E-state index contributed by atoms with van der Waals surface area (Å²) in [5.74, 6) is 1.86. The number of aromatic nitrogens is 2. The van der Waals surface area contributed by atoms with Crippen molar-refractivity contribution in [2.75, 3.05) is 42.5 Å². The van der Waals surface area contributed by atoms with E-state index in [0.717, 1.165) is 43.9 Å². The molecule has 1 aromatic heterocycles. The lowest BCUT2D eigenvalue weighted by molar-refractivity contribution is 0.289. The van der Waals surface area contributed by atoms with Gasteiger partial charge in [0, 0.05) is 31.7 Å². The summed E-state index contributed by atoms with van der Waals surface area (Å²) in [4.78, 5) is 10.8. The Kier molecular flexibility index (Phi) is 4.79. The summed E-state index contributed by atoms with van der Waals surface area (Å²) in [6, 6.07) is 2.70. The summed E-state index contributed by atoms with van der Waals surface area (Å²) in [6.07, 6.45) is 2.69. The number of anilines is 3. The molecular formula is C13H24N6. The molecule has 0 radical (unpaired) electrons. The smallest absolute Gasteiger partial charge is 0.223 e. The van der Waals surface area contributed by atoms with Gasteiger partial charge < -0.3 is 16.4 Å². The van der Waals surface area contributed by atoms with E-state index in [-0.39, 0.29) is 0 Å². The van der Waals surface area contributed by atoms with Gasteiger partial charge in [0.25, 0.3) is 0 Å². The van der Waals surface area contributed by atoms with Gasteiger partial charge in [0.05, 0.1) is 0 Å². The van der Waals surface area contributed by atoms with E-state index in [1.807, 2.05) is 13.0 Å². The van der Waals surface area contributed by atoms with E-state index in [4.69, 9.17) is 5.73 Å². The average molecular weight is 264 g/mol. The Bertz CT molecular complexity index is 404. The molecule has 0 unspecified atom stereocenters. The van der Waals surface area contributed by atoms with E-state index in [9.17, 15) is 0 Å². The predicted molar refractivity (Wildman–Crippen MR) is 79.4 cm³/mol. The Hall–Kier alpha value is -1.56. The molecule has 2 rings (SSSR count). The molecule has 1 saturated carbocycles. The number of hydrogen-bond donors (Lipinski definition) is 3. The number of nitrogens with two attached hydrogens (primary N) is 1. The van der Waals surface area contributed by atoms with Gasteiger partial charge >= 0.3 is 0 Å². The number of rotatable bonds is 8. The fourth-order valence-electron chi connectivity index (χ4n) is 2.19. The van der Waals surface area contributed by atoms with Crippen molar-refractivity contribution in [1.29, 1.82) is 0 Å². The summed E-state index contributed by atoms with van der Waals surface area (Å²) in [5.41, 5.74) is 5.69. The highest BCUT2D eigenvalue weighted by Gasteiger charge is 2.27. The van der Waals surface area contributed by atoms with Gasteiger partial charge in [-0.1, -0.05) is 6.92 Å². The molecule has 19 heavy (non-hydrogen) atoms. The maximum Gasteiger partial charge on any atom is 0.223 e. The van der Waals surface area contributed by atoms with Crippen LogP contribution < -0.4 is 16.4 Å². The minimum atomic E-state index is 0.301. The highest BCUT2D eigenvalue weighted by molar-refractivity contribution is 5.50. The summed E-state index contributed by atoms with van der Waals surface area (Å²) < 4.78 is 0. The minimum absolute atomic E-state index is 0.301. The molecule has 0 saturated heterocycles. The van der Waals surface area contributed by atoms with Crippen LogP contribution in [0.15, 0.2) is 6.07 Å². The van der Waals surface area contributed by atoms with Gasteiger partial charge in [-0.15, -0.1) is 0 Å². The largest absolute Gasteiger partial charge is 0.370 e. The summed E-state index contributed by atoms with van der Waals surface area (Å²) >= 11 is 0. The fraction of sp³-hybridized carbons (Fsp3) is 0.692. The molecule has 0 spiro atoms. The third kappa shape index (κ3) is 4.24. The van der Waals surface area contributed by atoms with Crippen LogP contribution in [0, 0.1) is 0 Å². The zero-order valence-electron chi connectivity index (χ0n) is 11.8. The fourth-order valence-corrected chi connectivity index (χ4v) is 2.19. The molecule has 1 aromatic rings. The van der Waals surface area contributed by atoms with Crippen LogP contribution in [0.3, 0.4) is 0 Å². The van der Waals surface area contributed by atoms with Gasteiger partial charge in [0.1, 0.15) is 11.6 Å². The van der Waals surface area contributed by atoms with Gasteiger partial charge in [-0.05, 0) is 26.3 Å². The first-order valence-electron chi connectivity index (χ1n) is 7.09. The third-order valence-corrected chi connectivity index (χ3v) is 3.28. The second kappa shape index (κ2) is 6.56. The molecule has 0 amide bonds. The van der Waals surface area contributed by atoms with Crippen molar-refractivity contribution < 1.29 is 0 Å². The molecule has 0 bridgehead atoms. The van der Waals surface area contributed by atoms with Crippen molar-refractivity contribution in [2.24, 2.45) is 0 Å². The zero-order chi connectivity index (χ0) is 13.7. The number of likely N-dealkylation sites (N-methyl/N-ethyl adjacent to an activating group) is 1. The Morgan fingerprint density at radius 1 is 1.26 bits per heavy atom. The third-order valence-electron chi connectivity index (χ3n) is 3.28. The highest BCUT2D eigenvalue weighted by Crippen LogP contribution is 2.26. The van der Waals surface area contributed by atoms with E-state index in [1.165, 1.54) is 12.8 Å². The first-order chi connectivity index (χ1) is 9.22. The van der Waals surface area contributed by atoms with Gasteiger partial charge in [0.2, 0.25) is 5.95 Å². The molecule has 106 valence electrons. The molecule has 0 aliphatic heterocycles. The van der Waals surface area contributed by atoms with Crippen molar-refractivity contribution in [3.05, 3.63) is 6.07 Å². The Morgan fingerprint density at radius 3 is 2.53 bits per heavy atom.